The summed E-state index contributed by atoms with van der Waals surface area (Å²) in [7, 11) is 0. The molecule has 0 atom stereocenters. The normalized spacial score (nSPS) is 10.2. The maximum absolute atomic E-state index is 8.68. The van der Waals surface area contributed by atoms with Crippen molar-refractivity contribution >= 4 is 0 Å². The summed E-state index contributed by atoms with van der Waals surface area (Å²) >= 11 is 0. The highest BCUT2D eigenvalue weighted by atomic mass is 16.5. The lowest BCUT2D eigenvalue weighted by atomic mass is 10.1. The van der Waals surface area contributed by atoms with Crippen LogP contribution in [0.2, 0.25) is 0 Å². The van der Waals surface area contributed by atoms with E-state index in [2.05, 4.69) is 0 Å². The Kier molecular flexibility index (Phi) is 5.08. The van der Waals surface area contributed by atoms with Crippen LogP contribution >= 0.6 is 0 Å². The monoisotopic (exact) mass is 226 g/mol. The highest BCUT2D eigenvalue weighted by Crippen LogP contribution is 2.28. The lowest BCUT2D eigenvalue weighted by Crippen LogP contribution is -2.06. The van der Waals surface area contributed by atoms with Crippen LogP contribution in [0.4, 0.5) is 0 Å². The third-order valence-corrected chi connectivity index (χ3v) is 2.39. The summed E-state index contributed by atoms with van der Waals surface area (Å²) in [5.74, 6) is 1.51. The minimum absolute atomic E-state index is 0.00124. The molecule has 0 unspecified atom stereocenters. The van der Waals surface area contributed by atoms with Crippen molar-refractivity contribution in [2.75, 3.05) is 26.4 Å². The van der Waals surface area contributed by atoms with Crippen molar-refractivity contribution in [3.05, 3.63) is 23.3 Å². The van der Waals surface area contributed by atoms with Crippen LogP contribution in [0.15, 0.2) is 12.1 Å². The standard InChI is InChI=1S/C12H18O4/c1-9-10(2)12(16-8-6-14)4-3-11(9)15-7-5-13/h3-4,13-14H,5-8H2,1-2H3. The molecule has 90 valence electrons. The fraction of sp³-hybridized carbons (Fsp3) is 0.500. The van der Waals surface area contributed by atoms with Gasteiger partial charge in [0.15, 0.2) is 0 Å². The van der Waals surface area contributed by atoms with Crippen molar-refractivity contribution in [1.29, 1.82) is 0 Å². The Bertz CT molecular complexity index is 303. The molecule has 1 aromatic rings. The largest absolute Gasteiger partial charge is 0.491 e. The zero-order chi connectivity index (χ0) is 12.0. The molecule has 0 aromatic heterocycles. The van der Waals surface area contributed by atoms with Gasteiger partial charge in [-0.3, -0.25) is 0 Å². The molecule has 16 heavy (non-hydrogen) atoms. The predicted molar refractivity (Wildman–Crippen MR) is 61.1 cm³/mol. The van der Waals surface area contributed by atoms with Crippen LogP contribution < -0.4 is 9.47 Å². The topological polar surface area (TPSA) is 58.9 Å². The highest BCUT2D eigenvalue weighted by molar-refractivity contribution is 5.47. The molecule has 0 radical (unpaired) electrons. The zero-order valence-corrected chi connectivity index (χ0v) is 9.69. The molecule has 0 aliphatic rings. The average molecular weight is 226 g/mol. The molecular weight excluding hydrogens is 208 g/mol. The lowest BCUT2D eigenvalue weighted by Gasteiger charge is -2.14. The van der Waals surface area contributed by atoms with Crippen molar-refractivity contribution in [3.8, 4) is 11.5 Å². The van der Waals surface area contributed by atoms with Gasteiger partial charge in [-0.25, -0.2) is 0 Å². The molecule has 4 nitrogen and oxygen atoms in total. The molecule has 0 bridgehead atoms. The Morgan fingerprint density at radius 3 is 1.56 bits per heavy atom. The van der Waals surface area contributed by atoms with Crippen molar-refractivity contribution in [3.63, 3.8) is 0 Å². The Hall–Kier alpha value is -1.26. The number of rotatable bonds is 6. The lowest BCUT2D eigenvalue weighted by molar-refractivity contribution is 0.196. The smallest absolute Gasteiger partial charge is 0.122 e. The first kappa shape index (κ1) is 12.8. The molecule has 0 saturated carbocycles. The maximum Gasteiger partial charge on any atom is 0.122 e. The first-order chi connectivity index (χ1) is 7.70. The van der Waals surface area contributed by atoms with Crippen LogP contribution in [0.1, 0.15) is 11.1 Å². The Labute approximate surface area is 95.4 Å². The van der Waals surface area contributed by atoms with Crippen molar-refractivity contribution in [1.82, 2.24) is 0 Å². The van der Waals surface area contributed by atoms with Gasteiger partial charge < -0.3 is 19.7 Å². The van der Waals surface area contributed by atoms with E-state index in [1.807, 2.05) is 26.0 Å². The molecule has 0 aliphatic carbocycles. The number of aliphatic hydroxyl groups is 2. The molecule has 0 fully saturated rings. The van der Waals surface area contributed by atoms with Gasteiger partial charge in [-0.2, -0.15) is 0 Å². The summed E-state index contributed by atoms with van der Waals surface area (Å²) in [4.78, 5) is 0. The van der Waals surface area contributed by atoms with Crippen LogP contribution in [0, 0.1) is 13.8 Å². The molecule has 0 amide bonds. The number of aliphatic hydroxyl groups excluding tert-OH is 2. The third-order valence-electron chi connectivity index (χ3n) is 2.39. The minimum atomic E-state index is 0.00124. The van der Waals surface area contributed by atoms with Crippen molar-refractivity contribution in [2.24, 2.45) is 0 Å². The summed E-state index contributed by atoms with van der Waals surface area (Å²) in [6.07, 6.45) is 0. The van der Waals surface area contributed by atoms with E-state index in [0.29, 0.717) is 0 Å². The SMILES string of the molecule is Cc1c(OCCO)ccc(OCCO)c1C. The molecule has 0 heterocycles. The Morgan fingerprint density at radius 2 is 1.25 bits per heavy atom. The van der Waals surface area contributed by atoms with Gasteiger partial charge in [-0.1, -0.05) is 0 Å². The van der Waals surface area contributed by atoms with Crippen molar-refractivity contribution in [2.45, 2.75) is 13.8 Å². The van der Waals surface area contributed by atoms with Gasteiger partial charge in [0.1, 0.15) is 24.7 Å². The van der Waals surface area contributed by atoms with E-state index in [4.69, 9.17) is 19.7 Å². The van der Waals surface area contributed by atoms with Crippen LogP contribution in [0.25, 0.3) is 0 Å². The summed E-state index contributed by atoms with van der Waals surface area (Å²) in [5.41, 5.74) is 1.98. The van der Waals surface area contributed by atoms with Gasteiger partial charge in [0.05, 0.1) is 13.2 Å². The highest BCUT2D eigenvalue weighted by Gasteiger charge is 2.07. The fourth-order valence-corrected chi connectivity index (χ4v) is 1.39. The first-order valence-electron chi connectivity index (χ1n) is 5.28. The Balaban J connectivity index is 2.81. The zero-order valence-electron chi connectivity index (χ0n) is 9.69. The van der Waals surface area contributed by atoms with Gasteiger partial charge in [-0.05, 0) is 37.1 Å². The van der Waals surface area contributed by atoms with Crippen LogP contribution in [-0.4, -0.2) is 36.6 Å². The van der Waals surface area contributed by atoms with E-state index in [-0.39, 0.29) is 26.4 Å². The molecule has 0 saturated heterocycles. The number of hydrogen-bond acceptors (Lipinski definition) is 4. The van der Waals surface area contributed by atoms with E-state index in [9.17, 15) is 0 Å². The van der Waals surface area contributed by atoms with Crippen LogP contribution in [0.5, 0.6) is 11.5 Å². The summed E-state index contributed by atoms with van der Waals surface area (Å²) in [5, 5.41) is 17.4. The number of hydrogen-bond donors (Lipinski definition) is 2. The van der Waals surface area contributed by atoms with Crippen LogP contribution in [-0.2, 0) is 0 Å². The van der Waals surface area contributed by atoms with E-state index in [1.54, 1.807) is 0 Å². The molecule has 4 heteroatoms. The van der Waals surface area contributed by atoms with E-state index in [1.165, 1.54) is 0 Å². The number of benzene rings is 1. The molecule has 1 rings (SSSR count). The van der Waals surface area contributed by atoms with Gasteiger partial charge in [-0.15, -0.1) is 0 Å². The van der Waals surface area contributed by atoms with E-state index < -0.39 is 0 Å². The van der Waals surface area contributed by atoms with E-state index >= 15 is 0 Å². The summed E-state index contributed by atoms with van der Waals surface area (Å²) < 4.78 is 10.7. The molecule has 0 aliphatic heterocycles. The fourth-order valence-electron chi connectivity index (χ4n) is 1.39. The van der Waals surface area contributed by atoms with Crippen LogP contribution in [0.3, 0.4) is 0 Å². The number of ether oxygens (including phenoxy) is 2. The average Bonchev–Trinajstić information content (AvgIpc) is 2.30. The Morgan fingerprint density at radius 1 is 0.875 bits per heavy atom. The van der Waals surface area contributed by atoms with Gasteiger partial charge in [0.25, 0.3) is 0 Å². The summed E-state index contributed by atoms with van der Waals surface area (Å²) in [6.45, 7) is 4.46. The third kappa shape index (κ3) is 3.12. The predicted octanol–water partition coefficient (Wildman–Crippen LogP) is 1.05. The molecule has 2 N–H and O–H groups in total. The second-order valence-corrected chi connectivity index (χ2v) is 3.46. The second kappa shape index (κ2) is 6.35. The minimum Gasteiger partial charge on any atom is -0.491 e. The van der Waals surface area contributed by atoms with E-state index in [0.717, 1.165) is 22.6 Å². The van der Waals surface area contributed by atoms with Crippen molar-refractivity contribution < 1.29 is 19.7 Å². The second-order valence-electron chi connectivity index (χ2n) is 3.46. The van der Waals surface area contributed by atoms with Gasteiger partial charge in [0, 0.05) is 0 Å². The quantitative estimate of drug-likeness (QED) is 0.761. The van der Waals surface area contributed by atoms with Gasteiger partial charge in [0.2, 0.25) is 0 Å². The summed E-state index contributed by atoms with van der Waals surface area (Å²) in [6, 6.07) is 3.62. The molecule has 1 aromatic carbocycles. The van der Waals surface area contributed by atoms with Gasteiger partial charge >= 0.3 is 0 Å². The first-order valence-corrected chi connectivity index (χ1v) is 5.28. The molecule has 0 spiro atoms. The maximum atomic E-state index is 8.68. The molecular formula is C12H18O4.